The van der Waals surface area contributed by atoms with Crippen LogP contribution in [0.1, 0.15) is 50.1 Å². The number of rotatable bonds is 3. The normalized spacial score (nSPS) is 18.0. The Hall–Kier alpha value is -1.92. The first-order valence-electron chi connectivity index (χ1n) is 7.88. The van der Waals surface area contributed by atoms with Crippen molar-refractivity contribution in [1.82, 2.24) is 10.3 Å². The molecular formula is C18H21N3. The van der Waals surface area contributed by atoms with Crippen LogP contribution in [0.25, 0.3) is 10.9 Å². The Balaban J connectivity index is 1.86. The predicted octanol–water partition coefficient (Wildman–Crippen LogP) is 4.11. The van der Waals surface area contributed by atoms with Gasteiger partial charge in [0.05, 0.1) is 11.6 Å². The van der Waals surface area contributed by atoms with Gasteiger partial charge in [0.1, 0.15) is 6.04 Å². The van der Waals surface area contributed by atoms with Crippen LogP contribution in [0, 0.1) is 11.3 Å². The number of hydrogen-bond donors (Lipinski definition) is 1. The Bertz CT molecular complexity index is 631. The number of aromatic nitrogens is 1. The third-order valence-electron chi connectivity index (χ3n) is 4.36. The number of fused-ring (bicyclic) bond motifs is 1. The second kappa shape index (κ2) is 6.69. The SMILES string of the molecule is N#CC(NC1CCCCCC1)c1cccc2cccnc12. The van der Waals surface area contributed by atoms with Crippen LogP contribution in [0.4, 0.5) is 0 Å². The molecule has 3 heteroatoms. The van der Waals surface area contributed by atoms with Crippen molar-refractivity contribution in [2.24, 2.45) is 0 Å². The first-order valence-corrected chi connectivity index (χ1v) is 7.88. The molecule has 1 aromatic heterocycles. The van der Waals surface area contributed by atoms with E-state index >= 15 is 0 Å². The number of pyridine rings is 1. The van der Waals surface area contributed by atoms with Gasteiger partial charge < -0.3 is 0 Å². The van der Waals surface area contributed by atoms with Gasteiger partial charge in [0.15, 0.2) is 0 Å². The minimum Gasteiger partial charge on any atom is -0.295 e. The van der Waals surface area contributed by atoms with Crippen molar-refractivity contribution < 1.29 is 0 Å². The quantitative estimate of drug-likeness (QED) is 0.860. The molecule has 1 saturated carbocycles. The number of para-hydroxylation sites is 1. The van der Waals surface area contributed by atoms with Gasteiger partial charge in [-0.1, -0.05) is 49.9 Å². The summed E-state index contributed by atoms with van der Waals surface area (Å²) in [5.74, 6) is 0. The lowest BCUT2D eigenvalue weighted by Crippen LogP contribution is -2.32. The zero-order valence-electron chi connectivity index (χ0n) is 12.3. The van der Waals surface area contributed by atoms with E-state index in [4.69, 9.17) is 0 Å². The summed E-state index contributed by atoms with van der Waals surface area (Å²) >= 11 is 0. The van der Waals surface area contributed by atoms with Gasteiger partial charge in [0, 0.05) is 23.2 Å². The van der Waals surface area contributed by atoms with E-state index in [9.17, 15) is 5.26 Å². The molecule has 108 valence electrons. The molecule has 1 N–H and O–H groups in total. The highest BCUT2D eigenvalue weighted by molar-refractivity contribution is 5.82. The van der Waals surface area contributed by atoms with Crippen LogP contribution >= 0.6 is 0 Å². The molecule has 1 atom stereocenters. The molecule has 0 aliphatic heterocycles. The summed E-state index contributed by atoms with van der Waals surface area (Å²) in [6, 6.07) is 12.7. The van der Waals surface area contributed by atoms with Crippen LogP contribution < -0.4 is 5.32 Å². The monoisotopic (exact) mass is 279 g/mol. The molecule has 1 unspecified atom stereocenters. The molecule has 3 rings (SSSR count). The number of hydrogen-bond acceptors (Lipinski definition) is 3. The highest BCUT2D eigenvalue weighted by Gasteiger charge is 2.20. The van der Waals surface area contributed by atoms with Gasteiger partial charge in [0.2, 0.25) is 0 Å². The average molecular weight is 279 g/mol. The standard InChI is InChI=1S/C18H21N3/c19-13-17(21-15-9-3-1-2-4-10-15)16-11-5-7-14-8-6-12-20-18(14)16/h5-8,11-12,15,17,21H,1-4,9-10H2. The van der Waals surface area contributed by atoms with Crippen molar-refractivity contribution in [1.29, 1.82) is 5.26 Å². The summed E-state index contributed by atoms with van der Waals surface area (Å²) in [6.07, 6.45) is 9.34. The third-order valence-corrected chi connectivity index (χ3v) is 4.36. The Labute approximate surface area is 126 Å². The molecule has 2 aromatic rings. The minimum atomic E-state index is -0.272. The zero-order chi connectivity index (χ0) is 14.5. The van der Waals surface area contributed by atoms with Crippen molar-refractivity contribution in [3.8, 4) is 6.07 Å². The van der Waals surface area contributed by atoms with Crippen LogP contribution in [0.5, 0.6) is 0 Å². The molecular weight excluding hydrogens is 258 g/mol. The highest BCUT2D eigenvalue weighted by atomic mass is 15.0. The maximum atomic E-state index is 9.60. The van der Waals surface area contributed by atoms with Crippen LogP contribution in [-0.2, 0) is 0 Å². The summed E-state index contributed by atoms with van der Waals surface area (Å²) in [5, 5.41) is 14.2. The van der Waals surface area contributed by atoms with Gasteiger partial charge in [0.25, 0.3) is 0 Å². The van der Waals surface area contributed by atoms with E-state index in [-0.39, 0.29) is 6.04 Å². The number of nitriles is 1. The van der Waals surface area contributed by atoms with Gasteiger partial charge in [-0.3, -0.25) is 10.3 Å². The number of nitrogens with zero attached hydrogens (tertiary/aromatic N) is 2. The lowest BCUT2D eigenvalue weighted by Gasteiger charge is -2.21. The van der Waals surface area contributed by atoms with E-state index in [0.717, 1.165) is 16.5 Å². The fraction of sp³-hybridized carbons (Fsp3) is 0.444. The van der Waals surface area contributed by atoms with Crippen LogP contribution in [0.15, 0.2) is 36.5 Å². The second-order valence-corrected chi connectivity index (χ2v) is 5.84. The summed E-state index contributed by atoms with van der Waals surface area (Å²) in [7, 11) is 0. The second-order valence-electron chi connectivity index (χ2n) is 5.84. The van der Waals surface area contributed by atoms with E-state index in [0.29, 0.717) is 6.04 Å². The number of benzene rings is 1. The van der Waals surface area contributed by atoms with Crippen molar-refractivity contribution in [3.05, 3.63) is 42.1 Å². The summed E-state index contributed by atoms with van der Waals surface area (Å²) in [5.41, 5.74) is 1.94. The Kier molecular flexibility index (Phi) is 4.47. The molecule has 3 nitrogen and oxygen atoms in total. The molecule has 1 aromatic carbocycles. The van der Waals surface area contributed by atoms with Gasteiger partial charge >= 0.3 is 0 Å². The lowest BCUT2D eigenvalue weighted by atomic mass is 10.0. The van der Waals surface area contributed by atoms with Crippen molar-refractivity contribution in [2.45, 2.75) is 50.6 Å². The fourth-order valence-corrected chi connectivity index (χ4v) is 3.24. The zero-order valence-corrected chi connectivity index (χ0v) is 12.3. The molecule has 0 amide bonds. The topological polar surface area (TPSA) is 48.7 Å². The molecule has 0 radical (unpaired) electrons. The first kappa shape index (κ1) is 14.0. The summed E-state index contributed by atoms with van der Waals surface area (Å²) < 4.78 is 0. The minimum absolute atomic E-state index is 0.272. The number of nitrogens with one attached hydrogen (secondary N) is 1. The van der Waals surface area contributed by atoms with E-state index in [1.807, 2.05) is 30.3 Å². The van der Waals surface area contributed by atoms with Crippen LogP contribution in [-0.4, -0.2) is 11.0 Å². The average Bonchev–Trinajstić information content (AvgIpc) is 2.81. The van der Waals surface area contributed by atoms with Gasteiger partial charge in [-0.2, -0.15) is 5.26 Å². The van der Waals surface area contributed by atoms with Crippen molar-refractivity contribution in [2.75, 3.05) is 0 Å². The maximum Gasteiger partial charge on any atom is 0.123 e. The van der Waals surface area contributed by atoms with Crippen molar-refractivity contribution >= 4 is 10.9 Å². The van der Waals surface area contributed by atoms with Crippen molar-refractivity contribution in [3.63, 3.8) is 0 Å². The first-order chi connectivity index (χ1) is 10.4. The Morgan fingerprint density at radius 2 is 1.86 bits per heavy atom. The maximum absolute atomic E-state index is 9.60. The molecule has 1 aliphatic carbocycles. The molecule has 0 saturated heterocycles. The van der Waals surface area contributed by atoms with Crippen LogP contribution in [0.2, 0.25) is 0 Å². The molecule has 0 bridgehead atoms. The van der Waals surface area contributed by atoms with Gasteiger partial charge in [-0.15, -0.1) is 0 Å². The van der Waals surface area contributed by atoms with E-state index in [1.165, 1.54) is 38.5 Å². The van der Waals surface area contributed by atoms with E-state index < -0.39 is 0 Å². The molecule has 0 spiro atoms. The summed E-state index contributed by atoms with van der Waals surface area (Å²) in [6.45, 7) is 0. The predicted molar refractivity (Wildman–Crippen MR) is 84.7 cm³/mol. The van der Waals surface area contributed by atoms with E-state index in [1.54, 1.807) is 6.20 Å². The lowest BCUT2D eigenvalue weighted by molar-refractivity contribution is 0.437. The van der Waals surface area contributed by atoms with Gasteiger partial charge in [-0.25, -0.2) is 0 Å². The molecule has 1 fully saturated rings. The molecule has 1 heterocycles. The highest BCUT2D eigenvalue weighted by Crippen LogP contribution is 2.25. The smallest absolute Gasteiger partial charge is 0.123 e. The van der Waals surface area contributed by atoms with Gasteiger partial charge in [-0.05, 0) is 18.9 Å². The molecule has 21 heavy (non-hydrogen) atoms. The van der Waals surface area contributed by atoms with Crippen LogP contribution in [0.3, 0.4) is 0 Å². The summed E-state index contributed by atoms with van der Waals surface area (Å²) in [4.78, 5) is 4.47. The third kappa shape index (κ3) is 3.22. The fourth-order valence-electron chi connectivity index (χ4n) is 3.24. The van der Waals surface area contributed by atoms with E-state index in [2.05, 4.69) is 16.4 Å². The largest absolute Gasteiger partial charge is 0.295 e. The Morgan fingerprint density at radius 1 is 1.10 bits per heavy atom. The Morgan fingerprint density at radius 3 is 2.62 bits per heavy atom. The molecule has 1 aliphatic rings.